The first-order valence-corrected chi connectivity index (χ1v) is 8.79. The lowest BCUT2D eigenvalue weighted by Gasteiger charge is -2.30. The maximum Gasteiger partial charge on any atom is 0.244 e. The number of hydrogen-bond donors (Lipinski definition) is 3. The molecule has 0 aliphatic heterocycles. The van der Waals surface area contributed by atoms with Gasteiger partial charge in [-0.2, -0.15) is 0 Å². The van der Waals surface area contributed by atoms with Crippen LogP contribution in [0.3, 0.4) is 0 Å². The van der Waals surface area contributed by atoms with Crippen LogP contribution >= 0.6 is 12.4 Å². The molecule has 0 aromatic heterocycles. The number of aliphatic hydroxyl groups excluding tert-OH is 1. The molecule has 0 bridgehead atoms. The van der Waals surface area contributed by atoms with E-state index in [0.717, 1.165) is 19.4 Å². The predicted octanol–water partition coefficient (Wildman–Crippen LogP) is 3.18. The lowest BCUT2D eigenvalue weighted by Crippen LogP contribution is -2.43. The zero-order chi connectivity index (χ0) is 16.5. The number of aliphatic hydroxyl groups is 1. The molecule has 1 aliphatic carbocycles. The highest BCUT2D eigenvalue weighted by atomic mass is 35.5. The van der Waals surface area contributed by atoms with Gasteiger partial charge in [-0.15, -0.1) is 12.4 Å². The van der Waals surface area contributed by atoms with Crippen molar-refractivity contribution < 1.29 is 9.90 Å². The predicted molar refractivity (Wildman–Crippen MR) is 98.6 cm³/mol. The number of rotatable bonds is 10. The van der Waals surface area contributed by atoms with Crippen LogP contribution in [0, 0.1) is 11.8 Å². The Labute approximate surface area is 147 Å². The number of nitrogens with two attached hydrogens (primary N) is 1. The number of halogens is 1. The summed E-state index contributed by atoms with van der Waals surface area (Å²) in [7, 11) is 0. The average Bonchev–Trinajstić information content (AvgIpc) is 2.46. The molecular weight excluding hydrogens is 312 g/mol. The van der Waals surface area contributed by atoms with E-state index in [9.17, 15) is 9.90 Å². The topological polar surface area (TPSA) is 75.3 Å². The molecule has 5 heteroatoms. The Morgan fingerprint density at radius 3 is 2.43 bits per heavy atom. The minimum Gasteiger partial charge on any atom is -0.391 e. The normalized spacial score (nSPS) is 18.3. The largest absolute Gasteiger partial charge is 0.391 e. The first-order valence-electron chi connectivity index (χ1n) is 8.79. The van der Waals surface area contributed by atoms with Crippen molar-refractivity contribution in [2.45, 2.75) is 77.4 Å². The molecular formula is C18H35ClN2O2. The molecule has 4 N–H and O–H groups in total. The van der Waals surface area contributed by atoms with Crippen LogP contribution in [0.25, 0.3) is 0 Å². The molecule has 4 nitrogen and oxygen atoms in total. The number of carbonyl (C=O) groups excluding carboxylic acids is 1. The lowest BCUT2D eigenvalue weighted by molar-refractivity contribution is -0.115. The van der Waals surface area contributed by atoms with Gasteiger partial charge in [0.1, 0.15) is 0 Å². The Bertz CT molecular complexity index is 355. The minimum absolute atomic E-state index is 0. The highest BCUT2D eigenvalue weighted by molar-refractivity contribution is 5.91. The first-order chi connectivity index (χ1) is 10.4. The van der Waals surface area contributed by atoms with Crippen molar-refractivity contribution in [2.75, 3.05) is 6.54 Å². The summed E-state index contributed by atoms with van der Waals surface area (Å²) in [4.78, 5) is 11.1. The van der Waals surface area contributed by atoms with E-state index in [-0.39, 0.29) is 24.9 Å². The minimum atomic E-state index is -0.589. The van der Waals surface area contributed by atoms with E-state index in [2.05, 4.69) is 25.7 Å². The van der Waals surface area contributed by atoms with Gasteiger partial charge in [-0.05, 0) is 31.2 Å². The van der Waals surface area contributed by atoms with E-state index in [1.165, 1.54) is 32.1 Å². The molecule has 0 unspecified atom stereocenters. The van der Waals surface area contributed by atoms with E-state index in [1.807, 2.05) is 0 Å². The van der Waals surface area contributed by atoms with Gasteiger partial charge in [0.2, 0.25) is 5.91 Å². The van der Waals surface area contributed by atoms with Gasteiger partial charge in [0.05, 0.1) is 6.10 Å². The first kappa shape index (κ1) is 22.4. The summed E-state index contributed by atoms with van der Waals surface area (Å²) in [5, 5.41) is 14.0. The fourth-order valence-corrected chi connectivity index (χ4v) is 3.21. The lowest BCUT2D eigenvalue weighted by atomic mass is 9.83. The van der Waals surface area contributed by atoms with Crippen LogP contribution in [0.5, 0.6) is 0 Å². The van der Waals surface area contributed by atoms with Crippen molar-refractivity contribution in [3.8, 4) is 0 Å². The van der Waals surface area contributed by atoms with E-state index < -0.39 is 12.0 Å². The van der Waals surface area contributed by atoms with Crippen molar-refractivity contribution in [2.24, 2.45) is 17.6 Å². The molecule has 23 heavy (non-hydrogen) atoms. The summed E-state index contributed by atoms with van der Waals surface area (Å²) in [5.74, 6) is 0.806. The standard InChI is InChI=1S/C18H34N2O2.ClH/c1-13(2)9-10-20-16(12-15-7-5-4-6-8-15)17(21)11-14(3)18(19)22;/h13,15-17,20-21H,3-12H2,1-2H3,(H2,19,22);1H/t16-,17-;/m0./s1. The molecule has 136 valence electrons. The van der Waals surface area contributed by atoms with Gasteiger partial charge in [-0.3, -0.25) is 4.79 Å². The summed E-state index contributed by atoms with van der Waals surface area (Å²) < 4.78 is 0. The zero-order valence-corrected chi connectivity index (χ0v) is 15.5. The maximum atomic E-state index is 11.1. The molecule has 0 aromatic carbocycles. The van der Waals surface area contributed by atoms with Crippen LogP contribution in [0.1, 0.15) is 65.2 Å². The molecule has 0 aromatic rings. The summed E-state index contributed by atoms with van der Waals surface area (Å²) >= 11 is 0. The van der Waals surface area contributed by atoms with Crippen LogP contribution in [0.4, 0.5) is 0 Å². The van der Waals surface area contributed by atoms with Crippen molar-refractivity contribution in [1.82, 2.24) is 5.32 Å². The summed E-state index contributed by atoms with van der Waals surface area (Å²) in [6.07, 6.45) is 8.19. The summed E-state index contributed by atoms with van der Waals surface area (Å²) in [6, 6.07) is 0.0259. The molecule has 0 saturated heterocycles. The summed E-state index contributed by atoms with van der Waals surface area (Å²) in [5.41, 5.74) is 5.55. The van der Waals surface area contributed by atoms with Gasteiger partial charge in [-0.1, -0.05) is 52.5 Å². The smallest absolute Gasteiger partial charge is 0.244 e. The zero-order valence-electron chi connectivity index (χ0n) is 14.7. The third-order valence-corrected chi connectivity index (χ3v) is 4.71. The Balaban J connectivity index is 0.00000484. The van der Waals surface area contributed by atoms with Gasteiger partial charge in [0.25, 0.3) is 0 Å². The quantitative estimate of drug-likeness (QED) is 0.532. The number of hydrogen-bond acceptors (Lipinski definition) is 3. The Kier molecular flexibility index (Phi) is 11.6. The fourth-order valence-electron chi connectivity index (χ4n) is 3.21. The van der Waals surface area contributed by atoms with Crippen LogP contribution in [-0.4, -0.2) is 29.7 Å². The molecule has 0 heterocycles. The van der Waals surface area contributed by atoms with Crippen molar-refractivity contribution in [3.05, 3.63) is 12.2 Å². The van der Waals surface area contributed by atoms with Crippen LogP contribution in [0.2, 0.25) is 0 Å². The van der Waals surface area contributed by atoms with Crippen LogP contribution < -0.4 is 11.1 Å². The highest BCUT2D eigenvalue weighted by Gasteiger charge is 2.25. The van der Waals surface area contributed by atoms with Gasteiger partial charge in [-0.25, -0.2) is 0 Å². The number of primary amides is 1. The Morgan fingerprint density at radius 1 is 1.30 bits per heavy atom. The van der Waals surface area contributed by atoms with E-state index in [4.69, 9.17) is 5.73 Å². The van der Waals surface area contributed by atoms with Crippen LogP contribution in [0.15, 0.2) is 12.2 Å². The number of carbonyl (C=O) groups is 1. The van der Waals surface area contributed by atoms with Crippen molar-refractivity contribution >= 4 is 18.3 Å². The average molecular weight is 347 g/mol. The number of amides is 1. The van der Waals surface area contributed by atoms with E-state index in [1.54, 1.807) is 0 Å². The monoisotopic (exact) mass is 346 g/mol. The van der Waals surface area contributed by atoms with E-state index >= 15 is 0 Å². The molecule has 0 spiro atoms. The molecule has 1 rings (SSSR count). The third-order valence-electron chi connectivity index (χ3n) is 4.71. The SMILES string of the molecule is C=C(C[C@H](O)[C@H](CC1CCCCC1)NCCC(C)C)C(N)=O.Cl. The van der Waals surface area contributed by atoms with Gasteiger partial charge in [0, 0.05) is 18.0 Å². The number of nitrogens with one attached hydrogen (secondary N) is 1. The van der Waals surface area contributed by atoms with Gasteiger partial charge in [0.15, 0.2) is 0 Å². The van der Waals surface area contributed by atoms with Crippen LogP contribution in [-0.2, 0) is 4.79 Å². The van der Waals surface area contributed by atoms with Gasteiger partial charge >= 0.3 is 0 Å². The molecule has 2 atom stereocenters. The maximum absolute atomic E-state index is 11.1. The molecule has 0 radical (unpaired) electrons. The van der Waals surface area contributed by atoms with Crippen molar-refractivity contribution in [3.63, 3.8) is 0 Å². The third kappa shape index (κ3) is 9.33. The second kappa shape index (κ2) is 11.9. The molecule has 1 saturated carbocycles. The summed E-state index contributed by atoms with van der Waals surface area (Å²) in [6.45, 7) is 8.96. The molecule has 1 amide bonds. The second-order valence-corrected chi connectivity index (χ2v) is 7.22. The molecule has 1 fully saturated rings. The van der Waals surface area contributed by atoms with Crippen molar-refractivity contribution in [1.29, 1.82) is 0 Å². The Hall–Kier alpha value is -0.580. The Morgan fingerprint density at radius 2 is 1.91 bits per heavy atom. The van der Waals surface area contributed by atoms with E-state index in [0.29, 0.717) is 17.4 Å². The highest BCUT2D eigenvalue weighted by Crippen LogP contribution is 2.28. The van der Waals surface area contributed by atoms with Gasteiger partial charge < -0.3 is 16.2 Å². The fraction of sp³-hybridized carbons (Fsp3) is 0.833. The molecule has 1 aliphatic rings. The second-order valence-electron chi connectivity index (χ2n) is 7.22.